The fourth-order valence-corrected chi connectivity index (χ4v) is 1.85. The van der Waals surface area contributed by atoms with Crippen LogP contribution in [0.15, 0.2) is 24.5 Å². The Balaban J connectivity index is 2.28. The van der Waals surface area contributed by atoms with Crippen molar-refractivity contribution in [1.82, 2.24) is 14.8 Å². The summed E-state index contributed by atoms with van der Waals surface area (Å²) in [5.41, 5.74) is -1.67. The number of rotatable bonds is 4. The van der Waals surface area contributed by atoms with Crippen molar-refractivity contribution in [2.24, 2.45) is 0 Å². The molecule has 1 heterocycles. The number of aryl methyl sites for hydroxylation is 1. The number of carbonyl (C=O) groups is 1. The molecule has 2 aromatic rings. The maximum Gasteiger partial charge on any atom is 0.419 e. The standard InChI is InChI=1S/C13H11F4N3O/c1-2-20-12(18-7-19-20)6-11(21)8-3-4-10(14)9(5-8)13(15,16)17/h3-5,7H,2,6H2,1H3. The summed E-state index contributed by atoms with van der Waals surface area (Å²) in [6.07, 6.45) is -3.78. The Kier molecular flexibility index (Phi) is 4.06. The zero-order chi connectivity index (χ0) is 15.6. The van der Waals surface area contributed by atoms with Crippen LogP contribution in [0.2, 0.25) is 0 Å². The highest BCUT2D eigenvalue weighted by Gasteiger charge is 2.34. The van der Waals surface area contributed by atoms with Crippen molar-refractivity contribution in [3.05, 3.63) is 47.3 Å². The molecule has 0 amide bonds. The quantitative estimate of drug-likeness (QED) is 0.644. The smallest absolute Gasteiger partial charge is 0.294 e. The van der Waals surface area contributed by atoms with Crippen LogP contribution >= 0.6 is 0 Å². The van der Waals surface area contributed by atoms with Crippen LogP contribution in [0, 0.1) is 5.82 Å². The first kappa shape index (κ1) is 15.1. The number of nitrogens with zero attached hydrogens (tertiary/aromatic N) is 3. The molecule has 112 valence electrons. The molecule has 0 spiro atoms. The van der Waals surface area contributed by atoms with E-state index in [9.17, 15) is 22.4 Å². The maximum absolute atomic E-state index is 13.2. The summed E-state index contributed by atoms with van der Waals surface area (Å²) in [4.78, 5) is 15.9. The molecule has 0 bridgehead atoms. The first-order valence-electron chi connectivity index (χ1n) is 6.09. The highest BCUT2D eigenvalue weighted by molar-refractivity contribution is 5.97. The molecule has 8 heteroatoms. The number of hydrogen-bond acceptors (Lipinski definition) is 3. The Labute approximate surface area is 117 Å². The minimum absolute atomic E-state index is 0.198. The molecule has 0 unspecified atom stereocenters. The van der Waals surface area contributed by atoms with Gasteiger partial charge in [-0.05, 0) is 25.1 Å². The number of benzene rings is 1. The van der Waals surface area contributed by atoms with E-state index in [0.29, 0.717) is 24.5 Å². The van der Waals surface area contributed by atoms with E-state index in [1.165, 1.54) is 11.0 Å². The van der Waals surface area contributed by atoms with E-state index in [-0.39, 0.29) is 12.0 Å². The Morgan fingerprint density at radius 1 is 1.33 bits per heavy atom. The molecule has 0 N–H and O–H groups in total. The second-order valence-electron chi connectivity index (χ2n) is 4.28. The molecule has 0 aliphatic carbocycles. The molecule has 2 rings (SSSR count). The van der Waals surface area contributed by atoms with E-state index in [4.69, 9.17) is 0 Å². The van der Waals surface area contributed by atoms with Crippen molar-refractivity contribution in [3.63, 3.8) is 0 Å². The van der Waals surface area contributed by atoms with Gasteiger partial charge in [0.2, 0.25) is 0 Å². The lowest BCUT2D eigenvalue weighted by Crippen LogP contribution is -2.13. The van der Waals surface area contributed by atoms with E-state index in [0.717, 1.165) is 6.07 Å². The molecule has 0 fully saturated rings. The van der Waals surface area contributed by atoms with E-state index in [2.05, 4.69) is 10.1 Å². The minimum Gasteiger partial charge on any atom is -0.294 e. The van der Waals surface area contributed by atoms with Gasteiger partial charge in [-0.2, -0.15) is 18.3 Å². The molecule has 0 atom stereocenters. The molecular formula is C13H11F4N3O. The van der Waals surface area contributed by atoms with Gasteiger partial charge >= 0.3 is 6.18 Å². The average Bonchev–Trinajstić information content (AvgIpc) is 2.85. The van der Waals surface area contributed by atoms with Crippen LogP contribution in [0.5, 0.6) is 0 Å². The number of ketones is 1. The number of Topliss-reactive ketones (excluding diaryl/α,β-unsaturated/α-hetero) is 1. The fraction of sp³-hybridized carbons (Fsp3) is 0.308. The van der Waals surface area contributed by atoms with Gasteiger partial charge in [0.05, 0.1) is 12.0 Å². The first-order valence-corrected chi connectivity index (χ1v) is 6.09. The molecule has 0 aliphatic heterocycles. The molecule has 0 radical (unpaired) electrons. The average molecular weight is 301 g/mol. The van der Waals surface area contributed by atoms with Crippen LogP contribution in [0.25, 0.3) is 0 Å². The summed E-state index contributed by atoms with van der Waals surface area (Å²) in [7, 11) is 0. The SMILES string of the molecule is CCn1ncnc1CC(=O)c1ccc(F)c(C(F)(F)F)c1. The van der Waals surface area contributed by atoms with E-state index in [1.807, 2.05) is 0 Å². The maximum atomic E-state index is 13.2. The van der Waals surface area contributed by atoms with Crippen LogP contribution in [-0.4, -0.2) is 20.5 Å². The number of carbonyl (C=O) groups excluding carboxylic acids is 1. The van der Waals surface area contributed by atoms with E-state index < -0.39 is 23.3 Å². The van der Waals surface area contributed by atoms with Crippen molar-refractivity contribution >= 4 is 5.78 Å². The summed E-state index contributed by atoms with van der Waals surface area (Å²) >= 11 is 0. The van der Waals surface area contributed by atoms with Crippen LogP contribution < -0.4 is 0 Å². The van der Waals surface area contributed by atoms with Crippen molar-refractivity contribution in [2.45, 2.75) is 26.1 Å². The third-order valence-corrected chi connectivity index (χ3v) is 2.91. The minimum atomic E-state index is -4.84. The van der Waals surface area contributed by atoms with Crippen LogP contribution in [0.3, 0.4) is 0 Å². The van der Waals surface area contributed by atoms with Gasteiger partial charge < -0.3 is 0 Å². The fourth-order valence-electron chi connectivity index (χ4n) is 1.85. The second-order valence-corrected chi connectivity index (χ2v) is 4.28. The summed E-state index contributed by atoms with van der Waals surface area (Å²) in [5, 5.41) is 3.87. The summed E-state index contributed by atoms with van der Waals surface area (Å²) < 4.78 is 52.5. The first-order chi connectivity index (χ1) is 9.82. The molecule has 4 nitrogen and oxygen atoms in total. The topological polar surface area (TPSA) is 47.8 Å². The van der Waals surface area contributed by atoms with E-state index >= 15 is 0 Å². The third kappa shape index (κ3) is 3.26. The van der Waals surface area contributed by atoms with Crippen molar-refractivity contribution in [1.29, 1.82) is 0 Å². The van der Waals surface area contributed by atoms with Gasteiger partial charge in [-0.15, -0.1) is 0 Å². The molecule has 1 aromatic heterocycles. The number of halogens is 4. The third-order valence-electron chi connectivity index (χ3n) is 2.91. The molecule has 0 saturated carbocycles. The van der Waals surface area contributed by atoms with Gasteiger partial charge in [-0.1, -0.05) is 0 Å². The monoisotopic (exact) mass is 301 g/mol. The number of aromatic nitrogens is 3. The van der Waals surface area contributed by atoms with Crippen LogP contribution in [0.4, 0.5) is 17.6 Å². The predicted molar refractivity (Wildman–Crippen MR) is 65.1 cm³/mol. The zero-order valence-electron chi connectivity index (χ0n) is 11.0. The zero-order valence-corrected chi connectivity index (χ0v) is 11.0. The summed E-state index contributed by atoms with van der Waals surface area (Å²) in [5.74, 6) is -1.64. The van der Waals surface area contributed by atoms with Crippen molar-refractivity contribution in [3.8, 4) is 0 Å². The van der Waals surface area contributed by atoms with Gasteiger partial charge in [0, 0.05) is 12.1 Å². The lowest BCUT2D eigenvalue weighted by atomic mass is 10.0. The van der Waals surface area contributed by atoms with Gasteiger partial charge in [0.25, 0.3) is 0 Å². The lowest BCUT2D eigenvalue weighted by Gasteiger charge is -2.09. The normalized spacial score (nSPS) is 11.7. The Morgan fingerprint density at radius 3 is 2.67 bits per heavy atom. The largest absolute Gasteiger partial charge is 0.419 e. The molecule has 0 aliphatic rings. The molecule has 0 saturated heterocycles. The number of hydrogen-bond donors (Lipinski definition) is 0. The van der Waals surface area contributed by atoms with Crippen molar-refractivity contribution < 1.29 is 22.4 Å². The van der Waals surface area contributed by atoms with Gasteiger partial charge in [-0.25, -0.2) is 14.1 Å². The Bertz CT molecular complexity index is 664. The summed E-state index contributed by atoms with van der Waals surface area (Å²) in [6, 6.07) is 2.19. The highest BCUT2D eigenvalue weighted by atomic mass is 19.4. The molecule has 21 heavy (non-hydrogen) atoms. The second kappa shape index (κ2) is 5.63. The van der Waals surface area contributed by atoms with Crippen molar-refractivity contribution in [2.75, 3.05) is 0 Å². The Hall–Kier alpha value is -2.25. The molecular weight excluding hydrogens is 290 g/mol. The number of alkyl halides is 3. The van der Waals surface area contributed by atoms with Gasteiger partial charge in [-0.3, -0.25) is 4.79 Å². The van der Waals surface area contributed by atoms with Gasteiger partial charge in [0.15, 0.2) is 5.78 Å². The molecule has 1 aromatic carbocycles. The Morgan fingerprint density at radius 2 is 2.05 bits per heavy atom. The predicted octanol–water partition coefficient (Wildman–Crippen LogP) is 2.88. The van der Waals surface area contributed by atoms with Gasteiger partial charge in [0.1, 0.15) is 18.0 Å². The highest BCUT2D eigenvalue weighted by Crippen LogP contribution is 2.32. The van der Waals surface area contributed by atoms with Crippen LogP contribution in [0.1, 0.15) is 28.7 Å². The summed E-state index contributed by atoms with van der Waals surface area (Å²) in [6.45, 7) is 2.28. The van der Waals surface area contributed by atoms with E-state index in [1.54, 1.807) is 6.92 Å². The van der Waals surface area contributed by atoms with Crippen LogP contribution in [-0.2, 0) is 19.1 Å². The lowest BCUT2D eigenvalue weighted by molar-refractivity contribution is -0.140.